The predicted octanol–water partition coefficient (Wildman–Crippen LogP) is 2.63. The predicted molar refractivity (Wildman–Crippen MR) is 90.5 cm³/mol. The van der Waals surface area contributed by atoms with Crippen molar-refractivity contribution in [3.05, 3.63) is 35.9 Å². The van der Waals surface area contributed by atoms with Gasteiger partial charge in [-0.15, -0.1) is 0 Å². The summed E-state index contributed by atoms with van der Waals surface area (Å²) in [5.74, 6) is 0. The van der Waals surface area contributed by atoms with E-state index in [1.807, 2.05) is 0 Å². The summed E-state index contributed by atoms with van der Waals surface area (Å²) in [6, 6.07) is 11.5. The zero-order valence-corrected chi connectivity index (χ0v) is 13.9. The largest absolute Gasteiger partial charge is 0.313 e. The first kappa shape index (κ1) is 16.5. The summed E-state index contributed by atoms with van der Waals surface area (Å²) in [7, 11) is 0. The van der Waals surface area contributed by atoms with E-state index < -0.39 is 0 Å². The van der Waals surface area contributed by atoms with Crippen molar-refractivity contribution in [1.82, 2.24) is 15.5 Å². The quantitative estimate of drug-likeness (QED) is 0.788. The maximum absolute atomic E-state index is 3.69. The average molecular weight is 289 g/mol. The monoisotopic (exact) mass is 289 g/mol. The molecule has 0 unspecified atom stereocenters. The summed E-state index contributed by atoms with van der Waals surface area (Å²) in [5.41, 5.74) is 1.65. The third-order valence-electron chi connectivity index (χ3n) is 4.05. The van der Waals surface area contributed by atoms with Gasteiger partial charge in [-0.3, -0.25) is 4.90 Å². The van der Waals surface area contributed by atoms with Crippen LogP contribution < -0.4 is 10.6 Å². The topological polar surface area (TPSA) is 27.3 Å². The summed E-state index contributed by atoms with van der Waals surface area (Å²) < 4.78 is 0. The first-order valence-electron chi connectivity index (χ1n) is 8.28. The Balaban J connectivity index is 1.60. The maximum atomic E-state index is 3.69. The number of benzene rings is 1. The van der Waals surface area contributed by atoms with Gasteiger partial charge in [0.1, 0.15) is 0 Å². The van der Waals surface area contributed by atoms with Crippen LogP contribution in [-0.2, 0) is 6.54 Å². The van der Waals surface area contributed by atoms with Gasteiger partial charge in [0.15, 0.2) is 0 Å². The van der Waals surface area contributed by atoms with Crippen LogP contribution in [0.5, 0.6) is 0 Å². The molecule has 1 saturated heterocycles. The van der Waals surface area contributed by atoms with E-state index >= 15 is 0 Å². The molecule has 1 aliphatic rings. The second-order valence-corrected chi connectivity index (χ2v) is 7.17. The number of nitrogens with one attached hydrogen (secondary N) is 2. The van der Waals surface area contributed by atoms with Gasteiger partial charge in [0, 0.05) is 31.2 Å². The Labute approximate surface area is 130 Å². The van der Waals surface area contributed by atoms with Gasteiger partial charge >= 0.3 is 0 Å². The maximum Gasteiger partial charge on any atom is 0.0233 e. The molecule has 0 aliphatic carbocycles. The van der Waals surface area contributed by atoms with Crippen LogP contribution in [0.2, 0.25) is 0 Å². The van der Waals surface area contributed by atoms with Crippen molar-refractivity contribution in [2.75, 3.05) is 26.2 Å². The third-order valence-corrected chi connectivity index (χ3v) is 4.05. The minimum atomic E-state index is 0.223. The molecular formula is C18H31N3. The molecule has 0 atom stereocenters. The minimum Gasteiger partial charge on any atom is -0.313 e. The summed E-state index contributed by atoms with van der Waals surface area (Å²) >= 11 is 0. The van der Waals surface area contributed by atoms with Crippen molar-refractivity contribution in [2.24, 2.45) is 0 Å². The molecule has 1 fully saturated rings. The van der Waals surface area contributed by atoms with Crippen LogP contribution in [0.3, 0.4) is 0 Å². The lowest BCUT2D eigenvalue weighted by Crippen LogP contribution is -2.46. The minimum absolute atomic E-state index is 0.223. The average Bonchev–Trinajstić information content (AvgIpc) is 2.45. The summed E-state index contributed by atoms with van der Waals surface area (Å²) in [5, 5.41) is 7.22. The van der Waals surface area contributed by atoms with E-state index in [-0.39, 0.29) is 5.54 Å². The van der Waals surface area contributed by atoms with Crippen LogP contribution in [0.4, 0.5) is 0 Å². The van der Waals surface area contributed by atoms with Crippen LogP contribution in [0.1, 0.15) is 39.2 Å². The van der Waals surface area contributed by atoms with E-state index in [9.17, 15) is 0 Å². The second-order valence-electron chi connectivity index (χ2n) is 7.17. The second kappa shape index (κ2) is 7.92. The number of likely N-dealkylation sites (tertiary alicyclic amines) is 1. The number of rotatable bonds is 6. The van der Waals surface area contributed by atoms with E-state index in [1.165, 1.54) is 31.5 Å². The molecule has 3 heteroatoms. The molecule has 21 heavy (non-hydrogen) atoms. The number of piperidine rings is 1. The van der Waals surface area contributed by atoms with Gasteiger partial charge in [-0.25, -0.2) is 0 Å². The lowest BCUT2D eigenvalue weighted by Gasteiger charge is -2.32. The molecule has 0 spiro atoms. The highest BCUT2D eigenvalue weighted by Crippen LogP contribution is 2.13. The molecule has 2 N–H and O–H groups in total. The molecule has 118 valence electrons. The molecule has 1 aliphatic heterocycles. The fraction of sp³-hybridized carbons (Fsp3) is 0.667. The Morgan fingerprint density at radius 1 is 1.05 bits per heavy atom. The van der Waals surface area contributed by atoms with E-state index in [4.69, 9.17) is 0 Å². The number of nitrogens with zero attached hydrogens (tertiary/aromatic N) is 1. The van der Waals surface area contributed by atoms with Crippen molar-refractivity contribution >= 4 is 0 Å². The normalized spacial score (nSPS) is 18.0. The van der Waals surface area contributed by atoms with Crippen molar-refractivity contribution in [3.63, 3.8) is 0 Å². The lowest BCUT2D eigenvalue weighted by atomic mass is 10.0. The fourth-order valence-electron chi connectivity index (χ4n) is 2.85. The van der Waals surface area contributed by atoms with E-state index in [0.29, 0.717) is 6.04 Å². The van der Waals surface area contributed by atoms with Crippen LogP contribution in [-0.4, -0.2) is 42.7 Å². The molecule has 1 aromatic rings. The Morgan fingerprint density at radius 3 is 2.33 bits per heavy atom. The van der Waals surface area contributed by atoms with Gasteiger partial charge in [0.2, 0.25) is 0 Å². The fourth-order valence-corrected chi connectivity index (χ4v) is 2.85. The van der Waals surface area contributed by atoms with E-state index in [0.717, 1.165) is 19.6 Å². The highest BCUT2D eigenvalue weighted by atomic mass is 15.1. The SMILES string of the molecule is CC(C)(C)NCCNC1CCN(Cc2ccccc2)CC1. The molecule has 0 saturated carbocycles. The Morgan fingerprint density at radius 2 is 1.71 bits per heavy atom. The molecule has 1 heterocycles. The lowest BCUT2D eigenvalue weighted by molar-refractivity contribution is 0.190. The molecule has 0 bridgehead atoms. The van der Waals surface area contributed by atoms with Gasteiger partial charge in [0.25, 0.3) is 0 Å². The molecule has 0 radical (unpaired) electrons. The van der Waals surface area contributed by atoms with Crippen LogP contribution in [0.15, 0.2) is 30.3 Å². The Kier molecular flexibility index (Phi) is 6.22. The van der Waals surface area contributed by atoms with Gasteiger partial charge < -0.3 is 10.6 Å². The first-order chi connectivity index (χ1) is 10.0. The smallest absolute Gasteiger partial charge is 0.0233 e. The standard InChI is InChI=1S/C18H31N3/c1-18(2,3)20-12-11-19-17-9-13-21(14-10-17)15-16-7-5-4-6-8-16/h4-8,17,19-20H,9-15H2,1-3H3. The van der Waals surface area contributed by atoms with Crippen LogP contribution in [0, 0.1) is 0 Å². The van der Waals surface area contributed by atoms with Gasteiger partial charge in [0.05, 0.1) is 0 Å². The Bertz CT molecular complexity index is 389. The highest BCUT2D eigenvalue weighted by Gasteiger charge is 2.18. The molecule has 3 nitrogen and oxygen atoms in total. The summed E-state index contributed by atoms with van der Waals surface area (Å²) in [6.45, 7) is 12.3. The van der Waals surface area contributed by atoms with Crippen LogP contribution >= 0.6 is 0 Å². The highest BCUT2D eigenvalue weighted by molar-refractivity contribution is 5.14. The van der Waals surface area contributed by atoms with E-state index in [2.05, 4.69) is 66.6 Å². The van der Waals surface area contributed by atoms with Crippen molar-refractivity contribution in [1.29, 1.82) is 0 Å². The molecule has 0 amide bonds. The molecule has 2 rings (SSSR count). The zero-order valence-electron chi connectivity index (χ0n) is 13.9. The summed E-state index contributed by atoms with van der Waals surface area (Å²) in [6.07, 6.45) is 2.53. The molecule has 1 aromatic carbocycles. The summed E-state index contributed by atoms with van der Waals surface area (Å²) in [4.78, 5) is 2.57. The number of hydrogen-bond acceptors (Lipinski definition) is 3. The molecular weight excluding hydrogens is 258 g/mol. The van der Waals surface area contributed by atoms with Gasteiger partial charge in [-0.2, -0.15) is 0 Å². The van der Waals surface area contributed by atoms with Crippen molar-refractivity contribution in [3.8, 4) is 0 Å². The number of hydrogen-bond donors (Lipinski definition) is 2. The Hall–Kier alpha value is -0.900. The third kappa shape index (κ3) is 6.60. The van der Waals surface area contributed by atoms with Gasteiger partial charge in [-0.1, -0.05) is 30.3 Å². The van der Waals surface area contributed by atoms with Crippen molar-refractivity contribution in [2.45, 2.75) is 51.7 Å². The zero-order chi connectivity index (χ0) is 15.1. The van der Waals surface area contributed by atoms with Crippen molar-refractivity contribution < 1.29 is 0 Å². The molecule has 0 aromatic heterocycles. The van der Waals surface area contributed by atoms with Gasteiger partial charge in [-0.05, 0) is 52.3 Å². The van der Waals surface area contributed by atoms with E-state index in [1.54, 1.807) is 0 Å². The first-order valence-corrected chi connectivity index (χ1v) is 8.28. The van der Waals surface area contributed by atoms with Crippen LogP contribution in [0.25, 0.3) is 0 Å².